The smallest absolute Gasteiger partial charge is 0.251 e. The molecule has 0 unspecified atom stereocenters. The fourth-order valence-corrected chi connectivity index (χ4v) is 5.56. The normalized spacial score (nSPS) is 23.8. The van der Waals surface area contributed by atoms with Crippen molar-refractivity contribution in [1.82, 2.24) is 10.6 Å². The summed E-state index contributed by atoms with van der Waals surface area (Å²) in [6.07, 6.45) is 8.52. The lowest BCUT2D eigenvalue weighted by Gasteiger charge is -2.34. The summed E-state index contributed by atoms with van der Waals surface area (Å²) in [4.78, 5) is 25.0. The van der Waals surface area contributed by atoms with Crippen molar-refractivity contribution < 1.29 is 40.2 Å². The zero-order chi connectivity index (χ0) is 26.7. The van der Waals surface area contributed by atoms with Gasteiger partial charge in [0.25, 0.3) is 11.8 Å². The number of hydrogen-bond acceptors (Lipinski definition) is 8. The summed E-state index contributed by atoms with van der Waals surface area (Å²) in [5, 5.41) is 63.3. The summed E-state index contributed by atoms with van der Waals surface area (Å²) in [7, 11) is 0. The number of rotatable bonds is 6. The standard InChI is InChI=1S/C27H34N2O8/c30-20-10-16(11-21(31)24(20)34)26(36)28-18-5-1-14(2-6-18)9-15-3-7-19(8-4-15)29-27(37)17-12-22(32)25(35)23(33)13-17/h10-15,18-19,30-35H,1-9H2,(H,28,36)(H,29,37). The van der Waals surface area contributed by atoms with Gasteiger partial charge >= 0.3 is 0 Å². The van der Waals surface area contributed by atoms with Gasteiger partial charge in [0, 0.05) is 23.2 Å². The Hall–Kier alpha value is -3.82. The largest absolute Gasteiger partial charge is 0.504 e. The number of benzene rings is 2. The number of aromatic hydroxyl groups is 6. The Labute approximate surface area is 214 Å². The Morgan fingerprint density at radius 1 is 0.568 bits per heavy atom. The van der Waals surface area contributed by atoms with Crippen molar-refractivity contribution >= 4 is 11.8 Å². The van der Waals surface area contributed by atoms with Gasteiger partial charge < -0.3 is 41.3 Å². The molecule has 10 heteroatoms. The van der Waals surface area contributed by atoms with Crippen LogP contribution in [0.25, 0.3) is 0 Å². The summed E-state index contributed by atoms with van der Waals surface area (Å²) in [6, 6.07) is 4.57. The number of phenolic OH excluding ortho intramolecular Hbond substituents is 6. The Balaban J connectivity index is 1.18. The van der Waals surface area contributed by atoms with Gasteiger partial charge in [0.05, 0.1) is 0 Å². The third-order valence-electron chi connectivity index (χ3n) is 7.69. The quantitative estimate of drug-likeness (QED) is 0.269. The average molecular weight is 515 g/mol. The monoisotopic (exact) mass is 514 g/mol. The number of phenols is 6. The molecule has 2 aromatic rings. The van der Waals surface area contributed by atoms with Crippen molar-refractivity contribution in [3.8, 4) is 34.5 Å². The zero-order valence-electron chi connectivity index (χ0n) is 20.5. The van der Waals surface area contributed by atoms with Gasteiger partial charge in [0.2, 0.25) is 0 Å². The predicted molar refractivity (Wildman–Crippen MR) is 134 cm³/mol. The van der Waals surface area contributed by atoms with E-state index in [9.17, 15) is 40.2 Å². The van der Waals surface area contributed by atoms with Gasteiger partial charge in [-0.25, -0.2) is 0 Å². The van der Waals surface area contributed by atoms with E-state index >= 15 is 0 Å². The molecule has 0 heterocycles. The molecule has 0 bridgehead atoms. The first kappa shape index (κ1) is 26.2. The minimum Gasteiger partial charge on any atom is -0.504 e. The molecule has 0 spiro atoms. The molecule has 4 rings (SSSR count). The van der Waals surface area contributed by atoms with E-state index in [1.54, 1.807) is 0 Å². The molecule has 37 heavy (non-hydrogen) atoms. The van der Waals surface area contributed by atoms with Crippen LogP contribution in [0, 0.1) is 11.8 Å². The van der Waals surface area contributed by atoms with Gasteiger partial charge in [-0.2, -0.15) is 0 Å². The highest BCUT2D eigenvalue weighted by atomic mass is 16.3. The molecule has 2 saturated carbocycles. The number of carbonyl (C=O) groups excluding carboxylic acids is 2. The second-order valence-corrected chi connectivity index (χ2v) is 10.3. The summed E-state index contributed by atoms with van der Waals surface area (Å²) < 4.78 is 0. The highest BCUT2D eigenvalue weighted by molar-refractivity contribution is 5.96. The van der Waals surface area contributed by atoms with Crippen molar-refractivity contribution in [2.24, 2.45) is 11.8 Å². The Morgan fingerprint density at radius 2 is 0.865 bits per heavy atom. The SMILES string of the molecule is O=C(NC1CCC(CC2CCC(NC(=O)c3cc(O)c(O)c(O)c3)CC2)CC1)c1cc(O)c(O)c(O)c1. The fraction of sp³-hybridized carbons (Fsp3) is 0.481. The van der Waals surface area contributed by atoms with Crippen LogP contribution in [0.5, 0.6) is 34.5 Å². The van der Waals surface area contributed by atoms with E-state index in [1.807, 2.05) is 0 Å². The van der Waals surface area contributed by atoms with E-state index in [4.69, 9.17) is 0 Å². The minimum absolute atomic E-state index is 0.0200. The van der Waals surface area contributed by atoms with Crippen molar-refractivity contribution in [2.45, 2.75) is 69.9 Å². The zero-order valence-corrected chi connectivity index (χ0v) is 20.5. The van der Waals surface area contributed by atoms with Gasteiger partial charge in [-0.1, -0.05) is 0 Å². The second kappa shape index (κ2) is 11.1. The molecule has 0 aliphatic heterocycles. The van der Waals surface area contributed by atoms with E-state index in [1.165, 1.54) is 0 Å². The number of carbonyl (C=O) groups is 2. The molecule has 0 aromatic heterocycles. The molecule has 2 fully saturated rings. The van der Waals surface area contributed by atoms with Crippen LogP contribution in [0.4, 0.5) is 0 Å². The average Bonchev–Trinajstić information content (AvgIpc) is 2.87. The van der Waals surface area contributed by atoms with E-state index in [-0.39, 0.29) is 23.2 Å². The lowest BCUT2D eigenvalue weighted by Crippen LogP contribution is -2.39. The lowest BCUT2D eigenvalue weighted by molar-refractivity contribution is 0.0916. The molecular weight excluding hydrogens is 480 g/mol. The Bertz CT molecular complexity index is 1020. The molecular formula is C27H34N2O8. The molecule has 10 nitrogen and oxygen atoms in total. The first-order valence-electron chi connectivity index (χ1n) is 12.7. The van der Waals surface area contributed by atoms with Crippen LogP contribution in [-0.4, -0.2) is 54.5 Å². The lowest BCUT2D eigenvalue weighted by atomic mass is 9.75. The third kappa shape index (κ3) is 6.31. The summed E-state index contributed by atoms with van der Waals surface area (Å²) in [5.74, 6) is -3.09. The van der Waals surface area contributed by atoms with Crippen molar-refractivity contribution in [3.63, 3.8) is 0 Å². The molecule has 8 N–H and O–H groups in total. The van der Waals surface area contributed by atoms with Gasteiger partial charge in [-0.3, -0.25) is 9.59 Å². The van der Waals surface area contributed by atoms with Crippen molar-refractivity contribution in [2.75, 3.05) is 0 Å². The molecule has 2 aromatic carbocycles. The highest BCUT2D eigenvalue weighted by Crippen LogP contribution is 2.38. The van der Waals surface area contributed by atoms with Crippen LogP contribution >= 0.6 is 0 Å². The van der Waals surface area contributed by atoms with Crippen LogP contribution in [0.3, 0.4) is 0 Å². The first-order valence-corrected chi connectivity index (χ1v) is 12.7. The first-order chi connectivity index (χ1) is 17.6. The summed E-state index contributed by atoms with van der Waals surface area (Å²) in [5.41, 5.74) is 0.190. The maximum atomic E-state index is 12.5. The highest BCUT2D eigenvalue weighted by Gasteiger charge is 2.29. The second-order valence-electron chi connectivity index (χ2n) is 10.3. The van der Waals surface area contributed by atoms with Crippen molar-refractivity contribution in [3.05, 3.63) is 35.4 Å². The molecule has 0 atom stereocenters. The maximum Gasteiger partial charge on any atom is 0.251 e. The van der Waals surface area contributed by atoms with Gasteiger partial charge in [-0.05, 0) is 93.9 Å². The van der Waals surface area contributed by atoms with Crippen LogP contribution in [-0.2, 0) is 0 Å². The molecule has 200 valence electrons. The maximum absolute atomic E-state index is 12.5. The van der Waals surface area contributed by atoms with Crippen LogP contribution in [0.2, 0.25) is 0 Å². The molecule has 0 saturated heterocycles. The molecule has 0 radical (unpaired) electrons. The van der Waals surface area contributed by atoms with E-state index in [0.717, 1.165) is 82.1 Å². The summed E-state index contributed by atoms with van der Waals surface area (Å²) >= 11 is 0. The topological polar surface area (TPSA) is 180 Å². The fourth-order valence-electron chi connectivity index (χ4n) is 5.56. The Morgan fingerprint density at radius 3 is 1.16 bits per heavy atom. The van der Waals surface area contributed by atoms with Gasteiger partial charge in [0.15, 0.2) is 34.5 Å². The molecule has 2 aliphatic rings. The van der Waals surface area contributed by atoms with Gasteiger partial charge in [-0.15, -0.1) is 0 Å². The summed E-state index contributed by atoms with van der Waals surface area (Å²) in [6.45, 7) is 0. The third-order valence-corrected chi connectivity index (χ3v) is 7.69. The minimum atomic E-state index is -0.647. The molecule has 2 amide bonds. The molecule has 2 aliphatic carbocycles. The van der Waals surface area contributed by atoms with Gasteiger partial charge in [0.1, 0.15) is 0 Å². The Kier molecular flexibility index (Phi) is 7.85. The van der Waals surface area contributed by atoms with Crippen LogP contribution in [0.1, 0.15) is 78.5 Å². The number of hydrogen-bond donors (Lipinski definition) is 8. The van der Waals surface area contributed by atoms with Crippen LogP contribution < -0.4 is 10.6 Å². The van der Waals surface area contributed by atoms with E-state index < -0.39 is 46.3 Å². The number of amides is 2. The van der Waals surface area contributed by atoms with E-state index in [0.29, 0.717) is 11.8 Å². The number of nitrogens with one attached hydrogen (secondary N) is 2. The van der Waals surface area contributed by atoms with Crippen molar-refractivity contribution in [1.29, 1.82) is 0 Å². The van der Waals surface area contributed by atoms with E-state index in [2.05, 4.69) is 10.6 Å². The van der Waals surface area contributed by atoms with Crippen LogP contribution in [0.15, 0.2) is 24.3 Å². The predicted octanol–water partition coefficient (Wildman–Crippen LogP) is 3.59.